The Labute approximate surface area is 150 Å². The lowest BCUT2D eigenvalue weighted by molar-refractivity contribution is -0.163. The summed E-state index contributed by atoms with van der Waals surface area (Å²) in [7, 11) is 0. The zero-order valence-electron chi connectivity index (χ0n) is 14.0. The number of aliphatic hydroxyl groups is 5. The van der Waals surface area contributed by atoms with Crippen molar-refractivity contribution in [2.75, 3.05) is 18.4 Å². The van der Waals surface area contributed by atoms with Crippen molar-refractivity contribution in [1.29, 1.82) is 0 Å². The van der Waals surface area contributed by atoms with Crippen LogP contribution in [0.15, 0.2) is 30.3 Å². The van der Waals surface area contributed by atoms with Crippen molar-refractivity contribution in [2.45, 2.75) is 36.9 Å². The standard InChI is InChI=1S/C10H16N2O.C6H10O7/c11-8-10(13)6-7-12-9-4-2-1-3-5-9;7-1-2(8)3(9)4(10)5(11)6(12)13/h1-5,10,12-13H,6-8,11H2;1-5,8-11H,(H,12,13)/t;2-,3+,4+,5-/m.0/s1. The SMILES string of the molecule is NCC(O)CCNc1ccccc1.O=C[C@H](O)[C@@H](O)[C@@H](O)[C@H](O)C(=O)O. The van der Waals surface area contributed by atoms with Crippen LogP contribution in [0.1, 0.15) is 6.42 Å². The number of benzene rings is 1. The summed E-state index contributed by atoms with van der Waals surface area (Å²) in [6, 6.07) is 9.91. The highest BCUT2D eigenvalue weighted by Crippen LogP contribution is 2.05. The molecular formula is C16H26N2O8. The number of hydrogen-bond acceptors (Lipinski definition) is 9. The number of nitrogens with two attached hydrogens (primary N) is 1. The first kappa shape index (κ1) is 23.9. The average Bonchev–Trinajstić information content (AvgIpc) is 2.66. The van der Waals surface area contributed by atoms with E-state index in [1.807, 2.05) is 30.3 Å². The van der Waals surface area contributed by atoms with Gasteiger partial charge in [-0.1, -0.05) is 18.2 Å². The van der Waals surface area contributed by atoms with E-state index in [0.29, 0.717) is 13.0 Å². The number of nitrogens with one attached hydrogen (secondary N) is 1. The number of carboxylic acids is 1. The molecule has 5 atom stereocenters. The zero-order valence-corrected chi connectivity index (χ0v) is 14.0. The van der Waals surface area contributed by atoms with E-state index < -0.39 is 36.5 Å². The van der Waals surface area contributed by atoms with Gasteiger partial charge in [0.25, 0.3) is 0 Å². The van der Waals surface area contributed by atoms with Gasteiger partial charge in [0.15, 0.2) is 12.4 Å². The molecule has 1 aromatic rings. The first-order valence-electron chi connectivity index (χ1n) is 7.82. The van der Waals surface area contributed by atoms with Crippen molar-refractivity contribution in [2.24, 2.45) is 5.73 Å². The molecule has 0 radical (unpaired) electrons. The lowest BCUT2D eigenvalue weighted by Gasteiger charge is -2.21. The summed E-state index contributed by atoms with van der Waals surface area (Å²) in [5.41, 5.74) is 6.35. The predicted octanol–water partition coefficient (Wildman–Crippen LogP) is -2.48. The fourth-order valence-corrected chi connectivity index (χ4v) is 1.67. The summed E-state index contributed by atoms with van der Waals surface area (Å²) >= 11 is 0. The third kappa shape index (κ3) is 9.42. The number of aliphatic carboxylic acids is 1. The van der Waals surface area contributed by atoms with Crippen LogP contribution in [0.4, 0.5) is 5.69 Å². The van der Waals surface area contributed by atoms with E-state index in [1.54, 1.807) is 0 Å². The first-order valence-corrected chi connectivity index (χ1v) is 7.82. The van der Waals surface area contributed by atoms with Crippen molar-refractivity contribution in [3.05, 3.63) is 30.3 Å². The summed E-state index contributed by atoms with van der Waals surface area (Å²) in [4.78, 5) is 20.0. The molecule has 0 aromatic heterocycles. The van der Waals surface area contributed by atoms with Gasteiger partial charge < -0.3 is 46.5 Å². The molecule has 1 rings (SSSR count). The number of aldehydes is 1. The molecule has 9 N–H and O–H groups in total. The van der Waals surface area contributed by atoms with Gasteiger partial charge in [-0.15, -0.1) is 0 Å². The van der Waals surface area contributed by atoms with Crippen LogP contribution >= 0.6 is 0 Å². The van der Waals surface area contributed by atoms with Crippen LogP contribution in [0, 0.1) is 0 Å². The van der Waals surface area contributed by atoms with E-state index in [1.165, 1.54) is 0 Å². The van der Waals surface area contributed by atoms with Crippen LogP contribution in [-0.2, 0) is 9.59 Å². The maximum atomic E-state index is 10.1. The summed E-state index contributed by atoms with van der Waals surface area (Å²) in [5.74, 6) is -1.76. The van der Waals surface area contributed by atoms with Crippen LogP contribution in [0.2, 0.25) is 0 Å². The number of rotatable bonds is 10. The molecule has 148 valence electrons. The Morgan fingerprint density at radius 1 is 1.08 bits per heavy atom. The maximum Gasteiger partial charge on any atom is 0.335 e. The monoisotopic (exact) mass is 374 g/mol. The first-order chi connectivity index (χ1) is 12.2. The van der Waals surface area contributed by atoms with Crippen molar-refractivity contribution >= 4 is 17.9 Å². The third-order valence-corrected chi connectivity index (χ3v) is 3.27. The van der Waals surface area contributed by atoms with E-state index >= 15 is 0 Å². The molecule has 0 aliphatic heterocycles. The number of carbonyl (C=O) groups is 2. The van der Waals surface area contributed by atoms with Gasteiger partial charge in [0.1, 0.15) is 18.3 Å². The zero-order chi connectivity index (χ0) is 20.1. The van der Waals surface area contributed by atoms with Crippen LogP contribution in [-0.4, -0.2) is 86.5 Å². The highest BCUT2D eigenvalue weighted by atomic mass is 16.4. The molecule has 0 aliphatic rings. The number of aliphatic hydroxyl groups excluding tert-OH is 5. The summed E-state index contributed by atoms with van der Waals surface area (Å²) in [6.45, 7) is 1.08. The molecule has 0 aliphatic carbocycles. The van der Waals surface area contributed by atoms with Crippen LogP contribution < -0.4 is 11.1 Å². The van der Waals surface area contributed by atoms with E-state index in [-0.39, 0.29) is 6.29 Å². The number of carbonyl (C=O) groups excluding carboxylic acids is 1. The summed E-state index contributed by atoms with van der Waals surface area (Å²) < 4.78 is 0. The van der Waals surface area contributed by atoms with Crippen LogP contribution in [0.25, 0.3) is 0 Å². The second-order valence-corrected chi connectivity index (χ2v) is 5.36. The summed E-state index contributed by atoms with van der Waals surface area (Å²) in [5, 5.41) is 55.6. The summed E-state index contributed by atoms with van der Waals surface area (Å²) in [6.07, 6.45) is -8.10. The Balaban J connectivity index is 0.000000481. The lowest BCUT2D eigenvalue weighted by Crippen LogP contribution is -2.48. The molecule has 1 unspecified atom stereocenters. The van der Waals surface area contributed by atoms with E-state index in [9.17, 15) is 14.7 Å². The quantitative estimate of drug-likeness (QED) is 0.203. The van der Waals surface area contributed by atoms with Gasteiger partial charge in [-0.3, -0.25) is 0 Å². The van der Waals surface area contributed by atoms with Crippen LogP contribution in [0.5, 0.6) is 0 Å². The fourth-order valence-electron chi connectivity index (χ4n) is 1.67. The molecule has 26 heavy (non-hydrogen) atoms. The number of carboxylic acid groups (broad SMARTS) is 1. The normalized spacial score (nSPS) is 16.2. The van der Waals surface area contributed by atoms with E-state index in [2.05, 4.69) is 5.32 Å². The van der Waals surface area contributed by atoms with Crippen molar-refractivity contribution < 1.29 is 40.2 Å². The molecule has 10 heteroatoms. The lowest BCUT2D eigenvalue weighted by atomic mass is 10.0. The minimum Gasteiger partial charge on any atom is -0.479 e. The second-order valence-electron chi connectivity index (χ2n) is 5.36. The van der Waals surface area contributed by atoms with Gasteiger partial charge in [0.05, 0.1) is 6.10 Å². The molecular weight excluding hydrogens is 348 g/mol. The van der Waals surface area contributed by atoms with Crippen LogP contribution in [0.3, 0.4) is 0 Å². The number of para-hydroxylation sites is 1. The molecule has 0 heterocycles. The minimum atomic E-state index is -2.25. The van der Waals surface area contributed by atoms with Crippen molar-refractivity contribution in [3.63, 3.8) is 0 Å². The Morgan fingerprint density at radius 2 is 1.65 bits per heavy atom. The maximum absolute atomic E-state index is 10.1. The topological polar surface area (TPSA) is 194 Å². The van der Waals surface area contributed by atoms with Gasteiger partial charge in [0.2, 0.25) is 0 Å². The highest BCUT2D eigenvalue weighted by molar-refractivity contribution is 5.73. The molecule has 1 aromatic carbocycles. The second kappa shape index (κ2) is 13.2. The molecule has 0 amide bonds. The van der Waals surface area contributed by atoms with Crippen molar-refractivity contribution in [3.8, 4) is 0 Å². The molecule has 0 saturated heterocycles. The number of hydrogen-bond donors (Lipinski definition) is 8. The molecule has 0 fully saturated rings. The molecule has 0 spiro atoms. The molecule has 10 nitrogen and oxygen atoms in total. The van der Waals surface area contributed by atoms with Gasteiger partial charge in [-0.05, 0) is 18.6 Å². The van der Waals surface area contributed by atoms with Crippen molar-refractivity contribution in [1.82, 2.24) is 0 Å². The largest absolute Gasteiger partial charge is 0.479 e. The smallest absolute Gasteiger partial charge is 0.335 e. The Bertz CT molecular complexity index is 516. The number of anilines is 1. The Hall–Kier alpha value is -2.08. The van der Waals surface area contributed by atoms with Gasteiger partial charge >= 0.3 is 5.97 Å². The van der Waals surface area contributed by atoms with E-state index in [0.717, 1.165) is 12.2 Å². The average molecular weight is 374 g/mol. The van der Waals surface area contributed by atoms with Gasteiger partial charge in [0, 0.05) is 18.8 Å². The molecule has 0 bridgehead atoms. The van der Waals surface area contributed by atoms with Gasteiger partial charge in [-0.25, -0.2) is 4.79 Å². The van der Waals surface area contributed by atoms with Gasteiger partial charge in [-0.2, -0.15) is 0 Å². The minimum absolute atomic E-state index is 0.0809. The highest BCUT2D eigenvalue weighted by Gasteiger charge is 2.33. The molecule has 0 saturated carbocycles. The Morgan fingerprint density at radius 3 is 2.12 bits per heavy atom. The Kier molecular flexibility index (Phi) is 12.1. The predicted molar refractivity (Wildman–Crippen MR) is 92.3 cm³/mol. The fraction of sp³-hybridized carbons (Fsp3) is 0.500. The third-order valence-electron chi connectivity index (χ3n) is 3.27. The van der Waals surface area contributed by atoms with E-state index in [4.69, 9.17) is 31.3 Å².